The zero-order valence-electron chi connectivity index (χ0n) is 18.2. The maximum absolute atomic E-state index is 12.7. The highest BCUT2D eigenvalue weighted by atomic mass is 31.3. The zero-order chi connectivity index (χ0) is 28.5. The Labute approximate surface area is 206 Å². The second-order valence-corrected chi connectivity index (χ2v) is 9.85. The summed E-state index contributed by atoms with van der Waals surface area (Å²) < 4.78 is 81.0. The van der Waals surface area contributed by atoms with Gasteiger partial charge in [-0.2, -0.15) is 4.31 Å². The number of aliphatic hydroxyl groups excluding tert-OH is 2. The molecule has 0 saturated carbocycles. The van der Waals surface area contributed by atoms with Gasteiger partial charge in [-0.15, -0.1) is 13.2 Å². The third-order valence-electron chi connectivity index (χ3n) is 4.26. The van der Waals surface area contributed by atoms with Crippen LogP contribution in [0, 0.1) is 0 Å². The molecule has 0 saturated heterocycles. The molecule has 3 rings (SSSR count). The molecule has 0 aliphatic rings. The van der Waals surface area contributed by atoms with Crippen LogP contribution in [0.3, 0.4) is 0 Å². The van der Waals surface area contributed by atoms with Crippen molar-refractivity contribution in [2.75, 3.05) is 6.61 Å². The molecule has 38 heavy (non-hydrogen) atoms. The molecular weight excluding hydrogens is 577 g/mol. The highest BCUT2D eigenvalue weighted by molar-refractivity contribution is 7.60. The normalized spacial score (nSPS) is 15.8. The van der Waals surface area contributed by atoms with E-state index in [4.69, 9.17) is 19.2 Å². The summed E-state index contributed by atoms with van der Waals surface area (Å²) in [7, 11) is -10.8. The summed E-state index contributed by atoms with van der Waals surface area (Å²) in [5.74, 6) is -0.611. The number of hydrogen-bond donors (Lipinski definition) is 5. The maximum atomic E-state index is 12.7. The predicted molar refractivity (Wildman–Crippen MR) is 112 cm³/mol. The number of phosphoric acid groups is 2. The molecular formula is C16H16F3N3O14P2. The van der Waals surface area contributed by atoms with E-state index in [1.54, 1.807) is 0 Å². The Bertz CT molecular complexity index is 1510. The fourth-order valence-electron chi connectivity index (χ4n) is 2.84. The molecule has 0 amide bonds. The largest absolute Gasteiger partial charge is 0.573 e. The van der Waals surface area contributed by atoms with Gasteiger partial charge in [0.1, 0.15) is 18.1 Å². The van der Waals surface area contributed by atoms with E-state index in [1.165, 1.54) is 0 Å². The van der Waals surface area contributed by atoms with Gasteiger partial charge in [-0.3, -0.25) is 18.5 Å². The third-order valence-corrected chi connectivity index (χ3v) is 6.41. The first-order valence-electron chi connectivity index (χ1n) is 9.66. The Morgan fingerprint density at radius 2 is 1.79 bits per heavy atom. The number of aromatic nitrogens is 3. The number of rotatable bonds is 11. The number of aliphatic hydroxyl groups is 2. The molecule has 0 aliphatic carbocycles. The van der Waals surface area contributed by atoms with E-state index in [9.17, 15) is 42.1 Å². The van der Waals surface area contributed by atoms with Crippen LogP contribution >= 0.6 is 15.6 Å². The number of halogens is 3. The summed E-state index contributed by atoms with van der Waals surface area (Å²) in [6, 6.07) is 3.76. The molecule has 2 unspecified atom stereocenters. The van der Waals surface area contributed by atoms with E-state index in [2.05, 4.69) is 23.5 Å². The smallest absolute Gasteiger partial charge is 0.406 e. The average molecular weight is 593 g/mol. The molecule has 0 bridgehead atoms. The molecule has 1 aromatic carbocycles. The number of benzene rings is 1. The van der Waals surface area contributed by atoms with Gasteiger partial charge in [0.2, 0.25) is 6.41 Å². The monoisotopic (exact) mass is 593 g/mol. The molecule has 2 heterocycles. The number of alkyl halides is 3. The van der Waals surface area contributed by atoms with E-state index >= 15 is 0 Å². The van der Waals surface area contributed by atoms with Crippen molar-refractivity contribution in [2.45, 2.75) is 25.6 Å². The minimum Gasteiger partial charge on any atom is -0.406 e. The molecule has 0 spiro atoms. The van der Waals surface area contributed by atoms with Gasteiger partial charge < -0.3 is 38.9 Å². The van der Waals surface area contributed by atoms with Crippen molar-refractivity contribution in [3.63, 3.8) is 0 Å². The Balaban J connectivity index is 1.75. The van der Waals surface area contributed by atoms with Crippen molar-refractivity contribution < 1.29 is 70.0 Å². The van der Waals surface area contributed by atoms with Crippen LogP contribution in [-0.4, -0.2) is 58.4 Å². The van der Waals surface area contributed by atoms with Crippen molar-refractivity contribution in [2.24, 2.45) is 0 Å². The zero-order valence-corrected chi connectivity index (χ0v) is 20.0. The number of ether oxygens (including phenoxy) is 2. The molecule has 0 fully saturated rings. The highest BCUT2D eigenvalue weighted by Gasteiger charge is 2.34. The molecule has 210 valence electrons. The van der Waals surface area contributed by atoms with Crippen LogP contribution < -0.4 is 16.0 Å². The van der Waals surface area contributed by atoms with E-state index in [0.29, 0.717) is 9.13 Å². The number of fused-ring (bicyclic) bond motifs is 1. The maximum Gasteiger partial charge on any atom is 0.573 e. The molecule has 3 aromatic rings. The van der Waals surface area contributed by atoms with Crippen LogP contribution in [-0.2, 0) is 29.2 Å². The van der Waals surface area contributed by atoms with E-state index in [0.717, 1.165) is 30.5 Å². The first kappa shape index (κ1) is 29.7. The number of phosphoric ester groups is 1. The fourth-order valence-corrected chi connectivity index (χ4v) is 4.42. The molecule has 0 radical (unpaired) electrons. The van der Waals surface area contributed by atoms with Gasteiger partial charge in [0.25, 0.3) is 5.56 Å². The van der Waals surface area contributed by atoms with Crippen molar-refractivity contribution in [1.82, 2.24) is 14.3 Å². The van der Waals surface area contributed by atoms with Gasteiger partial charge in [0.05, 0.1) is 6.54 Å². The molecule has 5 N–H and O–H groups in total. The first-order valence-corrected chi connectivity index (χ1v) is 12.7. The van der Waals surface area contributed by atoms with Crippen LogP contribution in [0.1, 0.15) is 12.1 Å². The van der Waals surface area contributed by atoms with E-state index in [1.807, 2.05) is 0 Å². The fraction of sp³-hybridized carbons (Fsp3) is 0.312. The average Bonchev–Trinajstić information content (AvgIpc) is 3.14. The topological polar surface area (TPSA) is 242 Å². The van der Waals surface area contributed by atoms with Crippen LogP contribution in [0.2, 0.25) is 0 Å². The second-order valence-electron chi connectivity index (χ2n) is 7.02. The van der Waals surface area contributed by atoms with Crippen LogP contribution in [0.5, 0.6) is 5.75 Å². The van der Waals surface area contributed by atoms with E-state index < -0.39 is 64.9 Å². The minimum atomic E-state index is -5.44. The second kappa shape index (κ2) is 11.1. The van der Waals surface area contributed by atoms with Gasteiger partial charge in [0.15, 0.2) is 11.9 Å². The standard InChI is InChI=1S/C16H16F3N3O14P2/c17-16(18,19)34-8-1-2-9-10(20-35-11(9)5-8)6-22-12(23)3-4-21(14(22)25)15(26)33-13(24)7-32-38(30,31)36-37(27,28)29/h1-5,13,15,24,26H,6-7H2,(H,30,31)(H2,27,28,29)/t13?,15-/m0/s1. The lowest BCUT2D eigenvalue weighted by Crippen LogP contribution is -2.42. The lowest BCUT2D eigenvalue weighted by molar-refractivity contribution is -0.274. The van der Waals surface area contributed by atoms with Crippen molar-refractivity contribution in [1.29, 1.82) is 0 Å². The van der Waals surface area contributed by atoms with Crippen molar-refractivity contribution >= 4 is 26.6 Å². The Kier molecular flexibility index (Phi) is 8.64. The molecule has 3 atom stereocenters. The summed E-state index contributed by atoms with van der Waals surface area (Å²) in [4.78, 5) is 51.2. The molecule has 22 heteroatoms. The number of hydrogen-bond acceptors (Lipinski definition) is 12. The third kappa shape index (κ3) is 8.05. The summed E-state index contributed by atoms with van der Waals surface area (Å²) in [5, 5.41) is 23.5. The summed E-state index contributed by atoms with van der Waals surface area (Å²) in [6.07, 6.45) is -8.79. The molecule has 0 aliphatic heterocycles. The summed E-state index contributed by atoms with van der Waals surface area (Å²) in [6.45, 7) is -1.86. The Hall–Kier alpha value is -2.90. The SMILES string of the molecule is O=c1ccn([C@@H](O)OC(O)COP(=O)(O)OP(=O)(O)O)c(=O)n1Cc1noc2cc(OC(F)(F)F)ccc12. The lowest BCUT2D eigenvalue weighted by atomic mass is 10.2. The molecule has 17 nitrogen and oxygen atoms in total. The van der Waals surface area contributed by atoms with Crippen molar-refractivity contribution in [3.05, 3.63) is 57.0 Å². The predicted octanol–water partition coefficient (Wildman–Crippen LogP) is 0.108. The van der Waals surface area contributed by atoms with Gasteiger partial charge in [0, 0.05) is 23.7 Å². The van der Waals surface area contributed by atoms with Gasteiger partial charge in [-0.25, -0.2) is 13.9 Å². The summed E-state index contributed by atoms with van der Waals surface area (Å²) >= 11 is 0. The van der Waals surface area contributed by atoms with Crippen LogP contribution in [0.4, 0.5) is 13.2 Å². The Morgan fingerprint density at radius 3 is 2.42 bits per heavy atom. The first-order chi connectivity index (χ1) is 17.4. The lowest BCUT2D eigenvalue weighted by Gasteiger charge is -2.20. The number of nitrogens with zero attached hydrogens (tertiary/aromatic N) is 3. The van der Waals surface area contributed by atoms with Crippen molar-refractivity contribution in [3.8, 4) is 5.75 Å². The molecule has 2 aromatic heterocycles. The van der Waals surface area contributed by atoms with Gasteiger partial charge in [-0.1, -0.05) is 5.16 Å². The quantitative estimate of drug-likeness (QED) is 0.146. The van der Waals surface area contributed by atoms with Gasteiger partial charge in [-0.05, 0) is 12.1 Å². The van der Waals surface area contributed by atoms with Crippen LogP contribution in [0.25, 0.3) is 11.0 Å². The van der Waals surface area contributed by atoms with E-state index in [-0.39, 0.29) is 16.7 Å². The highest BCUT2D eigenvalue weighted by Crippen LogP contribution is 2.57. The van der Waals surface area contributed by atoms with Crippen LogP contribution in [0.15, 0.2) is 44.6 Å². The minimum absolute atomic E-state index is 0.0666. The summed E-state index contributed by atoms with van der Waals surface area (Å²) in [5.41, 5.74) is -2.38. The Morgan fingerprint density at radius 1 is 1.11 bits per heavy atom. The van der Waals surface area contributed by atoms with Gasteiger partial charge >= 0.3 is 27.7 Å².